The Hall–Kier alpha value is -2.80. The van der Waals surface area contributed by atoms with Crippen LogP contribution in [0, 0.1) is 13.8 Å². The van der Waals surface area contributed by atoms with E-state index < -0.39 is 5.97 Å². The van der Waals surface area contributed by atoms with Crippen LogP contribution in [-0.4, -0.2) is 32.4 Å². The number of benzene rings is 2. The Morgan fingerprint density at radius 2 is 1.58 bits per heavy atom. The number of esters is 1. The second-order valence-electron chi connectivity index (χ2n) is 5.57. The molecule has 7 heteroatoms. The Labute approximate surface area is 158 Å². The van der Waals surface area contributed by atoms with E-state index in [1.54, 1.807) is 12.1 Å². The van der Waals surface area contributed by atoms with E-state index in [1.165, 1.54) is 21.3 Å². The predicted molar refractivity (Wildman–Crippen MR) is 107 cm³/mol. The number of carbonyl (C=O) groups excluding carboxylic acids is 1. The van der Waals surface area contributed by atoms with Crippen LogP contribution in [0.15, 0.2) is 30.3 Å². The zero-order chi connectivity index (χ0) is 19.3. The molecule has 0 saturated carbocycles. The molecule has 0 fully saturated rings. The van der Waals surface area contributed by atoms with Gasteiger partial charge in [-0.15, -0.1) is 0 Å². The number of anilines is 2. The molecule has 2 aromatic carbocycles. The standard InChI is InChI=1S/C19H22N2O4S/c1-11-7-6-8-14(12(11)2)20-19(26)21-15-10-17(24-4)16(23-3)9-13(15)18(22)25-5/h6-10H,1-5H3,(H2,20,21,26). The van der Waals surface area contributed by atoms with E-state index in [4.69, 9.17) is 26.4 Å². The molecule has 138 valence electrons. The maximum Gasteiger partial charge on any atom is 0.340 e. The van der Waals surface area contributed by atoms with Crippen LogP contribution in [0.3, 0.4) is 0 Å². The summed E-state index contributed by atoms with van der Waals surface area (Å²) in [5.74, 6) is 0.382. The van der Waals surface area contributed by atoms with Crippen LogP contribution >= 0.6 is 12.2 Å². The molecule has 0 heterocycles. The number of methoxy groups -OCH3 is 3. The van der Waals surface area contributed by atoms with E-state index >= 15 is 0 Å². The molecule has 0 radical (unpaired) electrons. The molecule has 0 unspecified atom stereocenters. The average Bonchev–Trinajstić information content (AvgIpc) is 2.64. The van der Waals surface area contributed by atoms with Gasteiger partial charge in [-0.3, -0.25) is 0 Å². The number of carbonyl (C=O) groups is 1. The van der Waals surface area contributed by atoms with E-state index in [2.05, 4.69) is 10.6 Å². The molecular weight excluding hydrogens is 352 g/mol. The molecule has 2 aromatic rings. The van der Waals surface area contributed by atoms with Crippen molar-refractivity contribution in [1.29, 1.82) is 0 Å². The quantitative estimate of drug-likeness (QED) is 0.607. The first-order valence-electron chi connectivity index (χ1n) is 7.89. The molecule has 2 rings (SSSR count). The first-order chi connectivity index (χ1) is 12.4. The lowest BCUT2D eigenvalue weighted by atomic mass is 10.1. The van der Waals surface area contributed by atoms with Crippen LogP contribution < -0.4 is 20.1 Å². The zero-order valence-corrected chi connectivity index (χ0v) is 16.2. The van der Waals surface area contributed by atoms with E-state index in [0.717, 1.165) is 16.8 Å². The highest BCUT2D eigenvalue weighted by Gasteiger charge is 2.18. The third kappa shape index (κ3) is 4.23. The van der Waals surface area contributed by atoms with Crippen molar-refractivity contribution in [3.05, 3.63) is 47.0 Å². The van der Waals surface area contributed by atoms with Gasteiger partial charge in [0.05, 0.1) is 32.6 Å². The van der Waals surface area contributed by atoms with Crippen LogP contribution in [0.2, 0.25) is 0 Å². The van der Waals surface area contributed by atoms with Crippen LogP contribution in [0.25, 0.3) is 0 Å². The van der Waals surface area contributed by atoms with Crippen molar-refractivity contribution in [3.8, 4) is 11.5 Å². The molecule has 0 bridgehead atoms. The monoisotopic (exact) mass is 374 g/mol. The third-order valence-electron chi connectivity index (χ3n) is 4.03. The lowest BCUT2D eigenvalue weighted by Gasteiger charge is -2.17. The minimum absolute atomic E-state index is 0.287. The molecule has 2 N–H and O–H groups in total. The minimum Gasteiger partial charge on any atom is -0.493 e. The van der Waals surface area contributed by atoms with Crippen LogP contribution in [-0.2, 0) is 4.74 Å². The predicted octanol–water partition coefficient (Wildman–Crippen LogP) is 3.92. The Kier molecular flexibility index (Phi) is 6.41. The Bertz CT molecular complexity index is 837. The van der Waals surface area contributed by atoms with Crippen molar-refractivity contribution in [3.63, 3.8) is 0 Å². The fourth-order valence-corrected chi connectivity index (χ4v) is 2.64. The number of rotatable bonds is 5. The number of thiocarbonyl (C=S) groups is 1. The number of nitrogens with one attached hydrogen (secondary N) is 2. The summed E-state index contributed by atoms with van der Waals surface area (Å²) in [4.78, 5) is 12.1. The zero-order valence-electron chi connectivity index (χ0n) is 15.4. The maximum atomic E-state index is 12.1. The van der Waals surface area contributed by atoms with Crippen LogP contribution in [0.4, 0.5) is 11.4 Å². The molecule has 0 amide bonds. The molecule has 0 saturated heterocycles. The minimum atomic E-state index is -0.511. The van der Waals surface area contributed by atoms with Gasteiger partial charge in [0.1, 0.15) is 0 Å². The van der Waals surface area contributed by atoms with Crippen molar-refractivity contribution in [2.24, 2.45) is 0 Å². The first-order valence-corrected chi connectivity index (χ1v) is 8.30. The Morgan fingerprint density at radius 1 is 0.962 bits per heavy atom. The van der Waals surface area contributed by atoms with Crippen LogP contribution in [0.5, 0.6) is 11.5 Å². The van der Waals surface area contributed by atoms with Crippen molar-refractivity contribution < 1.29 is 19.0 Å². The first kappa shape index (κ1) is 19.5. The summed E-state index contributed by atoms with van der Waals surface area (Å²) in [6, 6.07) is 9.10. The van der Waals surface area contributed by atoms with Gasteiger partial charge in [-0.1, -0.05) is 12.1 Å². The maximum absolute atomic E-state index is 12.1. The normalized spacial score (nSPS) is 10.0. The summed E-state index contributed by atoms with van der Waals surface area (Å²) in [5, 5.41) is 6.52. The topological polar surface area (TPSA) is 68.8 Å². The lowest BCUT2D eigenvalue weighted by Crippen LogP contribution is -2.21. The van der Waals surface area contributed by atoms with Gasteiger partial charge in [0, 0.05) is 17.8 Å². The summed E-state index contributed by atoms with van der Waals surface area (Å²) in [6.45, 7) is 4.04. The fraction of sp³-hybridized carbons (Fsp3) is 0.263. The van der Waals surface area contributed by atoms with Gasteiger partial charge in [0.15, 0.2) is 16.6 Å². The van der Waals surface area contributed by atoms with Crippen molar-refractivity contribution in [2.75, 3.05) is 32.0 Å². The smallest absolute Gasteiger partial charge is 0.340 e. The number of aryl methyl sites for hydroxylation is 1. The molecule has 0 aromatic heterocycles. The molecule has 6 nitrogen and oxygen atoms in total. The molecule has 0 aliphatic carbocycles. The molecule has 0 aliphatic rings. The van der Waals surface area contributed by atoms with E-state index in [9.17, 15) is 4.79 Å². The van der Waals surface area contributed by atoms with E-state index in [0.29, 0.717) is 22.3 Å². The van der Waals surface area contributed by atoms with Gasteiger partial charge in [-0.25, -0.2) is 4.79 Å². The summed E-state index contributed by atoms with van der Waals surface area (Å²) in [7, 11) is 4.33. The number of hydrogen-bond donors (Lipinski definition) is 2. The van der Waals surface area contributed by atoms with Gasteiger partial charge in [0.2, 0.25) is 0 Å². The lowest BCUT2D eigenvalue weighted by molar-refractivity contribution is 0.0601. The second kappa shape index (κ2) is 8.53. The summed E-state index contributed by atoms with van der Waals surface area (Å²) in [5.41, 5.74) is 3.88. The van der Waals surface area contributed by atoms with E-state index in [1.807, 2.05) is 32.0 Å². The van der Waals surface area contributed by atoms with Gasteiger partial charge < -0.3 is 24.8 Å². The Balaban J connectivity index is 2.33. The largest absolute Gasteiger partial charge is 0.493 e. The summed E-state index contributed by atoms with van der Waals surface area (Å²) >= 11 is 5.40. The molecule has 0 spiro atoms. The highest BCUT2D eigenvalue weighted by Crippen LogP contribution is 2.34. The third-order valence-corrected chi connectivity index (χ3v) is 4.23. The molecular formula is C19H22N2O4S. The average molecular weight is 374 g/mol. The van der Waals surface area contributed by atoms with Gasteiger partial charge in [0.25, 0.3) is 0 Å². The molecule has 26 heavy (non-hydrogen) atoms. The fourth-order valence-electron chi connectivity index (χ4n) is 2.42. The second-order valence-corrected chi connectivity index (χ2v) is 5.98. The van der Waals surface area contributed by atoms with Crippen molar-refractivity contribution in [2.45, 2.75) is 13.8 Å². The van der Waals surface area contributed by atoms with Crippen molar-refractivity contribution >= 4 is 34.7 Å². The van der Waals surface area contributed by atoms with Gasteiger partial charge in [-0.2, -0.15) is 0 Å². The number of hydrogen-bond acceptors (Lipinski definition) is 5. The highest BCUT2D eigenvalue weighted by atomic mass is 32.1. The summed E-state index contributed by atoms with van der Waals surface area (Å²) in [6.07, 6.45) is 0. The summed E-state index contributed by atoms with van der Waals surface area (Å²) < 4.78 is 15.4. The van der Waals surface area contributed by atoms with E-state index in [-0.39, 0.29) is 5.56 Å². The molecule has 0 atom stereocenters. The van der Waals surface area contributed by atoms with Gasteiger partial charge >= 0.3 is 5.97 Å². The van der Waals surface area contributed by atoms with Crippen molar-refractivity contribution in [1.82, 2.24) is 0 Å². The van der Waals surface area contributed by atoms with Gasteiger partial charge in [-0.05, 0) is 43.3 Å². The number of ether oxygens (including phenoxy) is 3. The SMILES string of the molecule is COC(=O)c1cc(OC)c(OC)cc1NC(=S)Nc1cccc(C)c1C. The molecule has 0 aliphatic heterocycles. The Morgan fingerprint density at radius 3 is 2.19 bits per heavy atom. The highest BCUT2D eigenvalue weighted by molar-refractivity contribution is 7.80. The van der Waals surface area contributed by atoms with Crippen LogP contribution in [0.1, 0.15) is 21.5 Å².